The molecule has 0 atom stereocenters. The highest BCUT2D eigenvalue weighted by Gasteiger charge is 2.30. The Morgan fingerprint density at radius 1 is 1.17 bits per heavy atom. The maximum atomic E-state index is 13.2. The zero-order valence-electron chi connectivity index (χ0n) is 16.9. The van der Waals surface area contributed by atoms with Gasteiger partial charge in [-0.25, -0.2) is 4.39 Å². The monoisotopic (exact) mass is 418 g/mol. The van der Waals surface area contributed by atoms with E-state index in [0.29, 0.717) is 11.6 Å². The molecule has 1 fully saturated rings. The van der Waals surface area contributed by atoms with E-state index in [0.717, 1.165) is 42.8 Å². The van der Waals surface area contributed by atoms with Crippen molar-refractivity contribution in [2.75, 3.05) is 32.6 Å². The lowest BCUT2D eigenvalue weighted by atomic mass is 10.0. The number of nitrogens with one attached hydrogen (secondary N) is 1. The third-order valence-corrected chi connectivity index (χ3v) is 5.27. The number of hydrogen-bond acceptors (Lipinski definition) is 2. The second kappa shape index (κ2) is 10.5. The van der Waals surface area contributed by atoms with E-state index in [4.69, 9.17) is 4.74 Å². The van der Waals surface area contributed by atoms with Crippen LogP contribution in [-0.4, -0.2) is 43.7 Å². The predicted molar refractivity (Wildman–Crippen MR) is 110 cm³/mol. The van der Waals surface area contributed by atoms with E-state index < -0.39 is 0 Å². The highest BCUT2D eigenvalue weighted by molar-refractivity contribution is 6.01. The molecular weight excluding hydrogens is 391 g/mol. The summed E-state index contributed by atoms with van der Waals surface area (Å²) in [6.07, 6.45) is 5.20. The summed E-state index contributed by atoms with van der Waals surface area (Å²) in [5.74, 6) is -0.560. The van der Waals surface area contributed by atoms with Crippen molar-refractivity contribution in [3.63, 3.8) is 0 Å². The maximum absolute atomic E-state index is 13.2. The van der Waals surface area contributed by atoms with Crippen LogP contribution in [0.4, 0.5) is 10.1 Å². The number of halogens is 2. The fourth-order valence-corrected chi connectivity index (χ4v) is 3.64. The molecule has 0 bridgehead atoms. The van der Waals surface area contributed by atoms with E-state index in [1.165, 1.54) is 23.8 Å². The van der Waals surface area contributed by atoms with Gasteiger partial charge in [-0.2, -0.15) is 0 Å². The van der Waals surface area contributed by atoms with Crippen LogP contribution in [0.2, 0.25) is 0 Å². The van der Waals surface area contributed by atoms with Gasteiger partial charge in [0.1, 0.15) is 12.4 Å². The van der Waals surface area contributed by atoms with Crippen molar-refractivity contribution in [3.8, 4) is 0 Å². The van der Waals surface area contributed by atoms with Crippen LogP contribution in [0.25, 0.3) is 6.08 Å². The van der Waals surface area contributed by atoms with Gasteiger partial charge in [-0.05, 0) is 35.9 Å². The standard InChI is InChI=1S/C23H27FN2O2.ClH/c1-26(2,22-12-14-28-15-13-22)17-19-6-9-21(10-7-19)25-23(27)11-8-18-4-3-5-20(24)16-18;/h3-11,16,22H,12-15,17H2,1-2H3;1H. The molecule has 2 aromatic rings. The van der Waals surface area contributed by atoms with Gasteiger partial charge in [0.05, 0.1) is 33.4 Å². The quantitative estimate of drug-likeness (QED) is 0.566. The maximum Gasteiger partial charge on any atom is 0.248 e. The molecule has 29 heavy (non-hydrogen) atoms. The van der Waals surface area contributed by atoms with E-state index >= 15 is 0 Å². The molecule has 6 heteroatoms. The first-order valence-corrected chi connectivity index (χ1v) is 9.66. The smallest absolute Gasteiger partial charge is 0.248 e. The molecule has 1 aliphatic rings. The van der Waals surface area contributed by atoms with Crippen molar-refractivity contribution in [1.82, 2.24) is 0 Å². The molecule has 0 saturated carbocycles. The summed E-state index contributed by atoms with van der Waals surface area (Å²) in [4.78, 5) is 12.1. The number of ether oxygens (including phenoxy) is 1. The molecular formula is C23H28ClFN2O2. The molecule has 0 aromatic heterocycles. The minimum Gasteiger partial charge on any atom is -1.00 e. The minimum absolute atomic E-state index is 0. The van der Waals surface area contributed by atoms with E-state index in [2.05, 4.69) is 31.5 Å². The molecule has 3 rings (SSSR count). The lowest BCUT2D eigenvalue weighted by Crippen LogP contribution is -3.00. The normalized spacial score (nSPS) is 15.1. The third-order valence-electron chi connectivity index (χ3n) is 5.27. The summed E-state index contributed by atoms with van der Waals surface area (Å²) in [7, 11) is 4.53. The van der Waals surface area contributed by atoms with Crippen molar-refractivity contribution < 1.29 is 30.8 Å². The van der Waals surface area contributed by atoms with E-state index in [1.54, 1.807) is 18.2 Å². The molecule has 0 spiro atoms. The van der Waals surface area contributed by atoms with Crippen LogP contribution >= 0.6 is 0 Å². The average Bonchev–Trinajstić information content (AvgIpc) is 2.68. The first-order valence-electron chi connectivity index (χ1n) is 9.66. The molecule has 4 nitrogen and oxygen atoms in total. The number of quaternary nitrogens is 1. The van der Waals surface area contributed by atoms with Gasteiger partial charge in [-0.3, -0.25) is 4.79 Å². The zero-order valence-corrected chi connectivity index (χ0v) is 17.7. The summed E-state index contributed by atoms with van der Waals surface area (Å²) < 4.78 is 19.6. The Morgan fingerprint density at radius 2 is 1.86 bits per heavy atom. The first-order chi connectivity index (χ1) is 13.4. The van der Waals surface area contributed by atoms with Crippen LogP contribution < -0.4 is 17.7 Å². The Labute approximate surface area is 178 Å². The average molecular weight is 419 g/mol. The van der Waals surface area contributed by atoms with Gasteiger partial charge in [0, 0.05) is 30.2 Å². The predicted octanol–water partition coefficient (Wildman–Crippen LogP) is 1.24. The number of carbonyl (C=O) groups is 1. The van der Waals surface area contributed by atoms with Crippen molar-refractivity contribution in [3.05, 3.63) is 71.6 Å². The summed E-state index contributed by atoms with van der Waals surface area (Å²) >= 11 is 0. The van der Waals surface area contributed by atoms with Crippen LogP contribution in [0.1, 0.15) is 24.0 Å². The Bertz CT molecular complexity index is 831. The van der Waals surface area contributed by atoms with Crippen molar-refractivity contribution in [2.45, 2.75) is 25.4 Å². The number of rotatable bonds is 6. The van der Waals surface area contributed by atoms with Gasteiger partial charge in [-0.1, -0.05) is 24.3 Å². The Morgan fingerprint density at radius 3 is 2.52 bits per heavy atom. The van der Waals surface area contributed by atoms with Crippen molar-refractivity contribution in [2.24, 2.45) is 0 Å². The topological polar surface area (TPSA) is 38.3 Å². The lowest BCUT2D eigenvalue weighted by Gasteiger charge is -2.40. The highest BCUT2D eigenvalue weighted by Crippen LogP contribution is 2.22. The second-order valence-electron chi connectivity index (χ2n) is 7.85. The number of carbonyl (C=O) groups excluding carboxylic acids is 1. The largest absolute Gasteiger partial charge is 1.00 e. The summed E-state index contributed by atoms with van der Waals surface area (Å²) in [6, 6.07) is 14.7. The zero-order chi connectivity index (χ0) is 20.0. The molecule has 0 unspecified atom stereocenters. The van der Waals surface area contributed by atoms with Gasteiger partial charge in [0.2, 0.25) is 5.91 Å². The Hall–Kier alpha value is -2.21. The number of nitrogens with zero attached hydrogens (tertiary/aromatic N) is 1. The van der Waals surface area contributed by atoms with E-state index in [-0.39, 0.29) is 24.1 Å². The molecule has 1 saturated heterocycles. The van der Waals surface area contributed by atoms with Gasteiger partial charge < -0.3 is 26.9 Å². The molecule has 0 aliphatic carbocycles. The van der Waals surface area contributed by atoms with Gasteiger partial charge in [0.15, 0.2) is 0 Å². The van der Waals surface area contributed by atoms with Crippen LogP contribution in [0, 0.1) is 5.82 Å². The van der Waals surface area contributed by atoms with Crippen LogP contribution in [0.3, 0.4) is 0 Å². The fourth-order valence-electron chi connectivity index (χ4n) is 3.64. The van der Waals surface area contributed by atoms with Crippen LogP contribution in [-0.2, 0) is 16.1 Å². The number of benzene rings is 2. The minimum atomic E-state index is -0.319. The van der Waals surface area contributed by atoms with Crippen LogP contribution in [0.5, 0.6) is 0 Å². The van der Waals surface area contributed by atoms with Crippen LogP contribution in [0.15, 0.2) is 54.6 Å². The lowest BCUT2D eigenvalue weighted by molar-refractivity contribution is -0.929. The third kappa shape index (κ3) is 6.96. The number of anilines is 1. The Balaban J connectivity index is 0.00000300. The van der Waals surface area contributed by atoms with Gasteiger partial charge >= 0.3 is 0 Å². The molecule has 2 aromatic carbocycles. The summed E-state index contributed by atoms with van der Waals surface area (Å²) in [5.41, 5.74) is 2.64. The SMILES string of the molecule is C[N+](C)(Cc1ccc(NC(=O)C=Cc2cccc(F)c2)cc1)C1CCOCC1.[Cl-]. The Kier molecular flexibility index (Phi) is 8.38. The number of amides is 1. The molecule has 156 valence electrons. The molecule has 1 heterocycles. The summed E-state index contributed by atoms with van der Waals surface area (Å²) in [5, 5.41) is 2.84. The molecule has 1 amide bonds. The van der Waals surface area contributed by atoms with E-state index in [1.807, 2.05) is 12.1 Å². The fraction of sp³-hybridized carbons (Fsp3) is 0.348. The first kappa shape index (κ1) is 23.1. The van der Waals surface area contributed by atoms with E-state index in [9.17, 15) is 9.18 Å². The molecule has 1 N–H and O–H groups in total. The molecule has 1 aliphatic heterocycles. The molecule has 0 radical (unpaired) electrons. The summed E-state index contributed by atoms with van der Waals surface area (Å²) in [6.45, 7) is 2.64. The number of hydrogen-bond donors (Lipinski definition) is 1. The van der Waals surface area contributed by atoms with Gasteiger partial charge in [-0.15, -0.1) is 0 Å². The van der Waals surface area contributed by atoms with Crippen molar-refractivity contribution in [1.29, 1.82) is 0 Å². The van der Waals surface area contributed by atoms with Crippen molar-refractivity contribution >= 4 is 17.7 Å². The highest BCUT2D eigenvalue weighted by atomic mass is 35.5. The van der Waals surface area contributed by atoms with Gasteiger partial charge in [0.25, 0.3) is 0 Å². The second-order valence-corrected chi connectivity index (χ2v) is 7.85.